The van der Waals surface area contributed by atoms with Crippen molar-refractivity contribution in [2.45, 2.75) is 25.3 Å². The molecule has 2 aromatic heterocycles. The molecule has 2 saturated heterocycles. The van der Waals surface area contributed by atoms with Crippen LogP contribution in [-0.2, 0) is 4.79 Å². The molecule has 2 fully saturated rings. The Morgan fingerprint density at radius 1 is 1.09 bits per heavy atom. The fourth-order valence-electron chi connectivity index (χ4n) is 5.61. The van der Waals surface area contributed by atoms with Crippen LogP contribution < -0.4 is 20.7 Å². The maximum atomic E-state index is 14.8. The van der Waals surface area contributed by atoms with E-state index < -0.39 is 11.6 Å². The predicted molar refractivity (Wildman–Crippen MR) is 158 cm³/mol. The Bertz CT molecular complexity index is 1680. The molecule has 224 valence electrons. The van der Waals surface area contributed by atoms with Crippen LogP contribution in [0.1, 0.15) is 29.6 Å². The molecule has 4 heterocycles. The molecule has 13 heteroatoms. The molecular weight excluding hydrogens is 580 g/mol. The van der Waals surface area contributed by atoms with E-state index in [-0.39, 0.29) is 40.1 Å². The third kappa shape index (κ3) is 5.72. The number of likely N-dealkylation sites (tertiary alicyclic amines) is 1. The van der Waals surface area contributed by atoms with Crippen LogP contribution in [0, 0.1) is 17.6 Å². The molecule has 2 amide bonds. The molecule has 10 nitrogen and oxygen atoms in total. The summed E-state index contributed by atoms with van der Waals surface area (Å²) in [5, 5.41) is 9.76. The molecule has 0 radical (unpaired) electrons. The van der Waals surface area contributed by atoms with Crippen LogP contribution >= 0.6 is 11.6 Å². The fraction of sp³-hybridized carbons (Fsp3) is 0.333. The van der Waals surface area contributed by atoms with Crippen molar-refractivity contribution in [1.82, 2.24) is 29.9 Å². The summed E-state index contributed by atoms with van der Waals surface area (Å²) in [4.78, 5) is 36.4. The van der Waals surface area contributed by atoms with Gasteiger partial charge < -0.3 is 25.6 Å². The molecule has 0 spiro atoms. The van der Waals surface area contributed by atoms with Crippen LogP contribution in [0.15, 0.2) is 48.9 Å². The summed E-state index contributed by atoms with van der Waals surface area (Å²) in [7, 11) is 1.27. The van der Waals surface area contributed by atoms with E-state index >= 15 is 0 Å². The van der Waals surface area contributed by atoms with E-state index in [2.05, 4.69) is 25.9 Å². The fourth-order valence-corrected chi connectivity index (χ4v) is 5.87. The number of ether oxygens (including phenoxy) is 1. The highest BCUT2D eigenvalue weighted by Gasteiger charge is 2.30. The van der Waals surface area contributed by atoms with Gasteiger partial charge in [-0.3, -0.25) is 14.0 Å². The van der Waals surface area contributed by atoms with E-state index in [1.807, 2.05) is 0 Å². The summed E-state index contributed by atoms with van der Waals surface area (Å²) in [6.07, 6.45) is 6.67. The third-order valence-corrected chi connectivity index (χ3v) is 8.31. The van der Waals surface area contributed by atoms with Crippen molar-refractivity contribution in [2.75, 3.05) is 38.6 Å². The number of carbonyl (C=O) groups is 2. The van der Waals surface area contributed by atoms with Gasteiger partial charge in [0, 0.05) is 55.2 Å². The molecule has 6 rings (SSSR count). The number of nitrogens with one attached hydrogen (secondary N) is 3. The van der Waals surface area contributed by atoms with E-state index in [0.29, 0.717) is 54.3 Å². The van der Waals surface area contributed by atoms with Crippen LogP contribution in [0.2, 0.25) is 5.02 Å². The first-order valence-corrected chi connectivity index (χ1v) is 14.4. The summed E-state index contributed by atoms with van der Waals surface area (Å²) in [5.74, 6) is -2.21. The van der Waals surface area contributed by atoms with Gasteiger partial charge in [-0.15, -0.1) is 0 Å². The number of imidazole rings is 1. The lowest BCUT2D eigenvalue weighted by Crippen LogP contribution is -2.45. The zero-order valence-electron chi connectivity index (χ0n) is 23.4. The van der Waals surface area contributed by atoms with Crippen molar-refractivity contribution < 1.29 is 23.1 Å². The number of rotatable bonds is 7. The molecule has 1 unspecified atom stereocenters. The topological polar surface area (TPSA) is 113 Å². The first-order valence-electron chi connectivity index (χ1n) is 14.1. The summed E-state index contributed by atoms with van der Waals surface area (Å²) in [5.41, 5.74) is 1.64. The highest BCUT2D eigenvalue weighted by molar-refractivity contribution is 6.34. The van der Waals surface area contributed by atoms with Crippen LogP contribution in [0.25, 0.3) is 16.9 Å². The summed E-state index contributed by atoms with van der Waals surface area (Å²) in [6.45, 7) is 2.66. The standard InChI is InChI=1S/C30H30ClF2N7O3/c1-43-24-5-4-21(25(32)26(24)33)23-16-36-28-27(35-10-13-40(23)28)37-18-2-3-20(22(31)14-18)30(42)39-11-7-17(8-12-39)29(41)38-19-6-9-34-15-19/h2-5,10,13-14,16-17,19,34H,6-9,11-12,15H2,1H3,(H,35,37)(H,38,41). The van der Waals surface area contributed by atoms with E-state index in [4.69, 9.17) is 16.3 Å². The van der Waals surface area contributed by atoms with Crippen LogP contribution in [0.3, 0.4) is 0 Å². The Hall–Kier alpha value is -4.29. The molecule has 0 saturated carbocycles. The zero-order valence-corrected chi connectivity index (χ0v) is 24.1. The number of piperidine rings is 1. The predicted octanol–water partition coefficient (Wildman–Crippen LogP) is 4.41. The number of benzene rings is 2. The molecule has 0 bridgehead atoms. The first kappa shape index (κ1) is 28.8. The monoisotopic (exact) mass is 609 g/mol. The number of methoxy groups -OCH3 is 1. The molecule has 1 atom stereocenters. The van der Waals surface area contributed by atoms with E-state index in [1.54, 1.807) is 33.7 Å². The van der Waals surface area contributed by atoms with Crippen molar-refractivity contribution in [1.29, 1.82) is 0 Å². The quantitative estimate of drug-likeness (QED) is 0.285. The van der Waals surface area contributed by atoms with Gasteiger partial charge in [0.05, 0.1) is 29.6 Å². The van der Waals surface area contributed by atoms with Gasteiger partial charge in [0.1, 0.15) is 0 Å². The number of aromatic nitrogens is 3. The maximum Gasteiger partial charge on any atom is 0.255 e. The molecule has 2 aromatic carbocycles. The van der Waals surface area contributed by atoms with E-state index in [0.717, 1.165) is 19.5 Å². The summed E-state index contributed by atoms with van der Waals surface area (Å²) >= 11 is 6.56. The Kier molecular flexibility index (Phi) is 8.13. The SMILES string of the molecule is COc1ccc(-c2cnc3c(Nc4ccc(C(=O)N5CCC(C(=O)NC6CCNC6)CC5)c(Cl)c4)nccn23)c(F)c1F. The highest BCUT2D eigenvalue weighted by atomic mass is 35.5. The number of amides is 2. The second-order valence-corrected chi connectivity index (χ2v) is 11.0. The van der Waals surface area contributed by atoms with Crippen molar-refractivity contribution >= 4 is 40.6 Å². The van der Waals surface area contributed by atoms with Gasteiger partial charge in [-0.2, -0.15) is 4.39 Å². The van der Waals surface area contributed by atoms with Gasteiger partial charge in [-0.05, 0) is 56.1 Å². The Balaban J connectivity index is 1.14. The molecule has 3 N–H and O–H groups in total. The molecule has 0 aliphatic carbocycles. The normalized spacial score (nSPS) is 17.3. The second-order valence-electron chi connectivity index (χ2n) is 10.6. The maximum absolute atomic E-state index is 14.8. The minimum absolute atomic E-state index is 0.0182. The third-order valence-electron chi connectivity index (χ3n) is 7.99. The van der Waals surface area contributed by atoms with Gasteiger partial charge >= 0.3 is 0 Å². The smallest absolute Gasteiger partial charge is 0.255 e. The Labute approximate surface area is 251 Å². The number of nitrogens with zero attached hydrogens (tertiary/aromatic N) is 4. The second kappa shape index (κ2) is 12.1. The average molecular weight is 610 g/mol. The van der Waals surface area contributed by atoms with Gasteiger partial charge in [0.2, 0.25) is 11.7 Å². The lowest BCUT2D eigenvalue weighted by molar-refractivity contribution is -0.126. The number of anilines is 2. The zero-order chi connectivity index (χ0) is 30.1. The number of hydrogen-bond donors (Lipinski definition) is 3. The lowest BCUT2D eigenvalue weighted by atomic mass is 9.95. The van der Waals surface area contributed by atoms with Crippen molar-refractivity contribution in [3.05, 3.63) is 71.1 Å². The Morgan fingerprint density at radius 3 is 2.63 bits per heavy atom. The van der Waals surface area contributed by atoms with Crippen molar-refractivity contribution in [2.24, 2.45) is 5.92 Å². The largest absolute Gasteiger partial charge is 0.494 e. The summed E-state index contributed by atoms with van der Waals surface area (Å²) in [6, 6.07) is 7.94. The molecule has 43 heavy (non-hydrogen) atoms. The molecule has 2 aliphatic heterocycles. The van der Waals surface area contributed by atoms with Gasteiger partial charge in [-0.1, -0.05) is 11.6 Å². The molecule has 2 aliphatic rings. The molecule has 4 aromatic rings. The van der Waals surface area contributed by atoms with Crippen LogP contribution in [-0.4, -0.2) is 70.4 Å². The minimum Gasteiger partial charge on any atom is -0.494 e. The number of fused-ring (bicyclic) bond motifs is 1. The Morgan fingerprint density at radius 2 is 1.91 bits per heavy atom. The number of carbonyl (C=O) groups excluding carboxylic acids is 2. The first-order chi connectivity index (χ1) is 20.8. The highest BCUT2D eigenvalue weighted by Crippen LogP contribution is 2.32. The van der Waals surface area contributed by atoms with E-state index in [1.165, 1.54) is 31.6 Å². The summed E-state index contributed by atoms with van der Waals surface area (Å²) < 4.78 is 35.6. The van der Waals surface area contributed by atoms with Crippen molar-refractivity contribution in [3.8, 4) is 17.0 Å². The average Bonchev–Trinajstić information content (AvgIpc) is 3.69. The van der Waals surface area contributed by atoms with Gasteiger partial charge in [-0.25, -0.2) is 14.4 Å². The molecular formula is C30H30ClF2N7O3. The minimum atomic E-state index is -1.08. The van der Waals surface area contributed by atoms with Crippen molar-refractivity contribution in [3.63, 3.8) is 0 Å². The number of hydrogen-bond acceptors (Lipinski definition) is 7. The van der Waals surface area contributed by atoms with Gasteiger partial charge in [0.25, 0.3) is 5.91 Å². The van der Waals surface area contributed by atoms with Crippen LogP contribution in [0.4, 0.5) is 20.3 Å². The lowest BCUT2D eigenvalue weighted by Gasteiger charge is -2.32. The van der Waals surface area contributed by atoms with Gasteiger partial charge in [0.15, 0.2) is 23.0 Å². The number of halogens is 3. The van der Waals surface area contributed by atoms with Crippen LogP contribution in [0.5, 0.6) is 5.75 Å². The van der Waals surface area contributed by atoms with E-state index in [9.17, 15) is 18.4 Å².